The smallest absolute Gasteiger partial charge is 0.348 e. The van der Waals surface area contributed by atoms with Gasteiger partial charge < -0.3 is 23.4 Å². The van der Waals surface area contributed by atoms with Gasteiger partial charge in [-0.05, 0) is 31.9 Å². The van der Waals surface area contributed by atoms with Gasteiger partial charge in [0.1, 0.15) is 11.7 Å². The Labute approximate surface area is 248 Å². The summed E-state index contributed by atoms with van der Waals surface area (Å²) >= 11 is 0. The zero-order valence-corrected chi connectivity index (χ0v) is 25.1. The van der Waals surface area contributed by atoms with E-state index in [1.807, 2.05) is 60.7 Å². The number of carbonyl (C=O) groups excluding carboxylic acids is 3. The lowest BCUT2D eigenvalue weighted by molar-refractivity contribution is -0.956. The number of hydrogen-bond acceptors (Lipinski definition) is 7. The third kappa shape index (κ3) is 6.40. The minimum atomic E-state index is -1.63. The highest BCUT2D eigenvalue weighted by Gasteiger charge is 2.57. The van der Waals surface area contributed by atoms with Crippen molar-refractivity contribution in [1.29, 1.82) is 0 Å². The van der Waals surface area contributed by atoms with Crippen molar-refractivity contribution in [3.63, 3.8) is 0 Å². The number of hydrogen-bond donors (Lipinski definition) is 0. The Bertz CT molecular complexity index is 1180. The lowest BCUT2D eigenvalue weighted by atomic mass is 9.85. The molecule has 1 spiro atoms. The summed E-state index contributed by atoms with van der Waals surface area (Å²) in [6.07, 6.45) is 6.23. The van der Waals surface area contributed by atoms with E-state index in [1.165, 1.54) is 43.3 Å². The van der Waals surface area contributed by atoms with Crippen LogP contribution in [0.3, 0.4) is 0 Å². The van der Waals surface area contributed by atoms with Crippen molar-refractivity contribution >= 4 is 17.9 Å². The number of esters is 3. The first-order valence-corrected chi connectivity index (χ1v) is 15.3. The molecule has 0 aromatic heterocycles. The summed E-state index contributed by atoms with van der Waals surface area (Å²) < 4.78 is 24.5. The van der Waals surface area contributed by atoms with Crippen LogP contribution < -0.4 is 0 Å². The van der Waals surface area contributed by atoms with Gasteiger partial charge in [-0.3, -0.25) is 9.59 Å². The van der Waals surface area contributed by atoms with Gasteiger partial charge in [0.05, 0.1) is 38.0 Å². The summed E-state index contributed by atoms with van der Waals surface area (Å²) in [6.45, 7) is 7.32. The Balaban J connectivity index is 1.33. The monoisotopic (exact) mass is 578 g/mol. The molecule has 0 amide bonds. The van der Waals surface area contributed by atoms with Crippen molar-refractivity contribution in [2.45, 2.75) is 102 Å². The molecule has 3 fully saturated rings. The molecule has 0 saturated carbocycles. The van der Waals surface area contributed by atoms with Crippen molar-refractivity contribution in [1.82, 2.24) is 0 Å². The summed E-state index contributed by atoms with van der Waals surface area (Å²) in [7, 11) is 0. The van der Waals surface area contributed by atoms with E-state index in [4.69, 9.17) is 18.9 Å². The second kappa shape index (κ2) is 12.6. The van der Waals surface area contributed by atoms with Crippen molar-refractivity contribution in [2.75, 3.05) is 19.9 Å². The summed E-state index contributed by atoms with van der Waals surface area (Å²) in [5.41, 5.74) is -1.09. The fraction of sp³-hybridized carbons (Fsp3) is 0.559. The summed E-state index contributed by atoms with van der Waals surface area (Å²) in [5.74, 6) is -1.61. The highest BCUT2D eigenvalue weighted by Crippen LogP contribution is 2.47. The topological polar surface area (TPSA) is 88.1 Å². The lowest BCUT2D eigenvalue weighted by Gasteiger charge is -2.47. The Morgan fingerprint density at radius 1 is 0.786 bits per heavy atom. The number of nitrogens with zero attached hydrogens (tertiary/aromatic N) is 1. The van der Waals surface area contributed by atoms with Crippen LogP contribution in [0.15, 0.2) is 60.7 Å². The molecule has 226 valence electrons. The van der Waals surface area contributed by atoms with Crippen LogP contribution in [-0.4, -0.2) is 66.1 Å². The number of benzene rings is 2. The van der Waals surface area contributed by atoms with Gasteiger partial charge >= 0.3 is 17.9 Å². The van der Waals surface area contributed by atoms with E-state index < -0.39 is 35.9 Å². The molecule has 0 aliphatic carbocycles. The molecule has 8 nitrogen and oxygen atoms in total. The molecule has 3 heterocycles. The van der Waals surface area contributed by atoms with Crippen LogP contribution >= 0.6 is 0 Å². The van der Waals surface area contributed by atoms with E-state index in [1.54, 1.807) is 20.8 Å². The van der Waals surface area contributed by atoms with Crippen LogP contribution in [0.5, 0.6) is 0 Å². The zero-order chi connectivity index (χ0) is 29.8. The highest BCUT2D eigenvalue weighted by atomic mass is 16.7. The quantitative estimate of drug-likeness (QED) is 0.161. The van der Waals surface area contributed by atoms with Crippen LogP contribution in [0.2, 0.25) is 0 Å². The van der Waals surface area contributed by atoms with Gasteiger partial charge in [-0.25, -0.2) is 4.79 Å². The van der Waals surface area contributed by atoms with Gasteiger partial charge in [-0.1, -0.05) is 60.7 Å². The average molecular weight is 579 g/mol. The fourth-order valence-electron chi connectivity index (χ4n) is 7.37. The molecule has 3 aliphatic rings. The number of ether oxygens (including phenoxy) is 4. The van der Waals surface area contributed by atoms with E-state index in [-0.39, 0.29) is 18.9 Å². The van der Waals surface area contributed by atoms with Crippen LogP contribution in [0.1, 0.15) is 83.3 Å². The third-order valence-electron chi connectivity index (χ3n) is 9.13. The standard InChI is InChI=1S/C34H44NO7/c1-33(2,3)42-31(37)19-18-30(36)39-24-40-34(25-12-6-4-7-13-25,26-14-8-5-9-15-26)32(38)41-29-22-27-16-17-28(23-29)35(27)20-10-11-21-35/h4-9,12-15,27-29H,10-11,16-24H2,1-3H3/q+1. The van der Waals surface area contributed by atoms with Gasteiger partial charge in [-0.2, -0.15) is 0 Å². The molecule has 8 heteroatoms. The molecular weight excluding hydrogens is 534 g/mol. The summed E-state index contributed by atoms with van der Waals surface area (Å²) in [6, 6.07) is 19.5. The minimum Gasteiger partial charge on any atom is -0.460 e. The van der Waals surface area contributed by atoms with Gasteiger partial charge in [0.25, 0.3) is 0 Å². The Kier molecular flexibility index (Phi) is 9.04. The molecule has 2 aromatic rings. The van der Waals surface area contributed by atoms with Crippen molar-refractivity contribution in [2.24, 2.45) is 0 Å². The first-order valence-electron chi connectivity index (χ1n) is 15.3. The minimum absolute atomic E-state index is 0.106. The van der Waals surface area contributed by atoms with Gasteiger partial charge in [0.2, 0.25) is 5.60 Å². The van der Waals surface area contributed by atoms with E-state index in [2.05, 4.69) is 0 Å². The molecule has 0 radical (unpaired) electrons. The molecule has 3 saturated heterocycles. The maximum Gasteiger partial charge on any atom is 0.348 e. The Morgan fingerprint density at radius 2 is 1.31 bits per heavy atom. The maximum absolute atomic E-state index is 14.4. The molecule has 5 rings (SSSR count). The van der Waals surface area contributed by atoms with Gasteiger partial charge in [-0.15, -0.1) is 0 Å². The predicted molar refractivity (Wildman–Crippen MR) is 156 cm³/mol. The third-order valence-corrected chi connectivity index (χ3v) is 9.13. The second-order valence-corrected chi connectivity index (χ2v) is 12.9. The number of piperidine rings is 1. The average Bonchev–Trinajstić information content (AvgIpc) is 3.51. The number of carbonyl (C=O) groups is 3. The Hall–Kier alpha value is -3.23. The zero-order valence-electron chi connectivity index (χ0n) is 25.1. The maximum atomic E-state index is 14.4. The van der Waals surface area contributed by atoms with Crippen molar-refractivity contribution in [3.8, 4) is 0 Å². The normalized spacial score (nSPS) is 23.0. The molecule has 2 unspecified atom stereocenters. The second-order valence-electron chi connectivity index (χ2n) is 12.9. The van der Waals surface area contributed by atoms with Gasteiger partial charge in [0.15, 0.2) is 6.79 Å². The molecule has 42 heavy (non-hydrogen) atoms. The number of quaternary nitrogens is 1. The highest BCUT2D eigenvalue weighted by molar-refractivity contribution is 5.86. The van der Waals surface area contributed by atoms with Gasteiger partial charge in [0, 0.05) is 38.5 Å². The molecule has 3 aliphatic heterocycles. The molecule has 2 atom stereocenters. The SMILES string of the molecule is CC(C)(C)OC(=O)CCC(=O)OCOC(C(=O)OC1CC2CCC(C1)[N+]21CCCC1)(c1ccccc1)c1ccccc1. The number of rotatable bonds is 10. The van der Waals surface area contributed by atoms with E-state index in [0.717, 1.165) is 12.8 Å². The predicted octanol–water partition coefficient (Wildman–Crippen LogP) is 5.42. The summed E-state index contributed by atoms with van der Waals surface area (Å²) in [4.78, 5) is 38.9. The lowest BCUT2D eigenvalue weighted by Crippen LogP contribution is -2.60. The van der Waals surface area contributed by atoms with Crippen LogP contribution in [0.4, 0.5) is 0 Å². The molecule has 0 N–H and O–H groups in total. The fourth-order valence-corrected chi connectivity index (χ4v) is 7.37. The van der Waals surface area contributed by atoms with Crippen LogP contribution in [0.25, 0.3) is 0 Å². The molecule has 2 bridgehead atoms. The Morgan fingerprint density at radius 3 is 1.83 bits per heavy atom. The first kappa shape index (κ1) is 30.2. The van der Waals surface area contributed by atoms with E-state index >= 15 is 0 Å². The van der Waals surface area contributed by atoms with Crippen molar-refractivity contribution in [3.05, 3.63) is 71.8 Å². The molecular formula is C34H44NO7+. The summed E-state index contributed by atoms with van der Waals surface area (Å²) in [5, 5.41) is 0. The van der Waals surface area contributed by atoms with Crippen LogP contribution in [0, 0.1) is 0 Å². The molecule has 2 aromatic carbocycles. The van der Waals surface area contributed by atoms with E-state index in [9.17, 15) is 14.4 Å². The van der Waals surface area contributed by atoms with E-state index in [0.29, 0.717) is 23.2 Å². The largest absolute Gasteiger partial charge is 0.460 e. The van der Waals surface area contributed by atoms with Crippen molar-refractivity contribution < 1.29 is 37.8 Å². The first-order chi connectivity index (χ1) is 20.1. The van der Waals surface area contributed by atoms with Crippen LogP contribution in [-0.2, 0) is 38.9 Å².